The Morgan fingerprint density at radius 3 is 3.00 bits per heavy atom. The van der Waals surface area contributed by atoms with Crippen molar-refractivity contribution in [3.8, 4) is 6.07 Å². The van der Waals surface area contributed by atoms with Crippen molar-refractivity contribution >= 4 is 5.91 Å². The lowest BCUT2D eigenvalue weighted by Crippen LogP contribution is -2.47. The van der Waals surface area contributed by atoms with Gasteiger partial charge in [-0.15, -0.1) is 0 Å². The number of hydrogen-bond acceptors (Lipinski definition) is 3. The van der Waals surface area contributed by atoms with Crippen molar-refractivity contribution < 1.29 is 9.18 Å². The Kier molecular flexibility index (Phi) is 4.13. The topological polar surface area (TPSA) is 70.1 Å². The molecule has 2 rings (SSSR count). The molecular formula is C14H16FN3O. The van der Waals surface area contributed by atoms with Crippen molar-refractivity contribution in [2.75, 3.05) is 6.54 Å². The fourth-order valence-corrected chi connectivity index (χ4v) is 2.49. The molecule has 1 fully saturated rings. The van der Waals surface area contributed by atoms with Gasteiger partial charge in [-0.25, -0.2) is 4.39 Å². The molecule has 19 heavy (non-hydrogen) atoms. The predicted molar refractivity (Wildman–Crippen MR) is 68.4 cm³/mol. The number of nitrogens with zero attached hydrogens (tertiary/aromatic N) is 2. The molecule has 0 aromatic heterocycles. The van der Waals surface area contributed by atoms with Gasteiger partial charge in [-0.1, -0.05) is 12.5 Å². The number of nitrogens with two attached hydrogens (primary N) is 1. The summed E-state index contributed by atoms with van der Waals surface area (Å²) in [4.78, 5) is 13.4. The van der Waals surface area contributed by atoms with E-state index in [1.807, 2.05) is 11.0 Å². The summed E-state index contributed by atoms with van der Waals surface area (Å²) in [6, 6.07) is 6.02. The molecule has 0 radical (unpaired) electrons. The number of halogens is 1. The molecular weight excluding hydrogens is 245 g/mol. The van der Waals surface area contributed by atoms with Gasteiger partial charge in [-0.2, -0.15) is 5.26 Å². The monoisotopic (exact) mass is 261 g/mol. The van der Waals surface area contributed by atoms with Crippen molar-refractivity contribution in [1.29, 1.82) is 5.26 Å². The average Bonchev–Trinajstić information content (AvgIpc) is 2.41. The lowest BCUT2D eigenvalue weighted by atomic mass is 10.0. The van der Waals surface area contributed by atoms with Gasteiger partial charge in [0.2, 0.25) is 5.91 Å². The van der Waals surface area contributed by atoms with Crippen LogP contribution < -0.4 is 5.73 Å². The highest BCUT2D eigenvalue weighted by Crippen LogP contribution is 2.20. The van der Waals surface area contributed by atoms with E-state index in [4.69, 9.17) is 11.0 Å². The Hall–Kier alpha value is -1.93. The molecule has 0 aliphatic carbocycles. The van der Waals surface area contributed by atoms with Gasteiger partial charge in [-0.3, -0.25) is 9.69 Å². The number of likely N-dealkylation sites (tertiary alicyclic amines) is 1. The Bertz CT molecular complexity index is 524. The van der Waals surface area contributed by atoms with Gasteiger partial charge >= 0.3 is 0 Å². The summed E-state index contributed by atoms with van der Waals surface area (Å²) >= 11 is 0. The summed E-state index contributed by atoms with van der Waals surface area (Å²) in [6.45, 7) is 1.31. The molecule has 1 aromatic rings. The number of piperidine rings is 1. The summed E-state index contributed by atoms with van der Waals surface area (Å²) in [6.07, 6.45) is 2.79. The largest absolute Gasteiger partial charge is 0.368 e. The molecule has 0 spiro atoms. The van der Waals surface area contributed by atoms with E-state index < -0.39 is 5.82 Å². The summed E-state index contributed by atoms with van der Waals surface area (Å²) < 4.78 is 13.2. The Morgan fingerprint density at radius 1 is 1.53 bits per heavy atom. The number of nitriles is 1. The molecule has 1 aliphatic rings. The van der Waals surface area contributed by atoms with Crippen LogP contribution in [0.2, 0.25) is 0 Å². The number of benzene rings is 1. The molecule has 1 aliphatic heterocycles. The van der Waals surface area contributed by atoms with Gasteiger partial charge in [0.05, 0.1) is 11.6 Å². The number of rotatable bonds is 3. The molecule has 1 heterocycles. The number of amides is 1. The van der Waals surface area contributed by atoms with Gasteiger partial charge in [0.15, 0.2) is 0 Å². The van der Waals surface area contributed by atoms with Crippen LogP contribution in [0.5, 0.6) is 0 Å². The van der Waals surface area contributed by atoms with Crippen LogP contribution in [0.15, 0.2) is 18.2 Å². The van der Waals surface area contributed by atoms with Gasteiger partial charge in [0.25, 0.3) is 0 Å². The average molecular weight is 261 g/mol. The smallest absolute Gasteiger partial charge is 0.234 e. The SMILES string of the molecule is N#Cc1cc(CN2CCCCC2C(N)=O)ccc1F. The van der Waals surface area contributed by atoms with Crippen LogP contribution in [0.3, 0.4) is 0 Å². The molecule has 4 nitrogen and oxygen atoms in total. The van der Waals surface area contributed by atoms with Crippen molar-refractivity contribution in [1.82, 2.24) is 4.90 Å². The molecule has 100 valence electrons. The second kappa shape index (κ2) is 5.81. The molecule has 2 N–H and O–H groups in total. The second-order valence-corrected chi connectivity index (χ2v) is 4.81. The van der Waals surface area contributed by atoms with E-state index in [9.17, 15) is 9.18 Å². The molecule has 1 amide bonds. The lowest BCUT2D eigenvalue weighted by Gasteiger charge is -2.33. The normalized spacial score (nSPS) is 19.9. The maximum Gasteiger partial charge on any atom is 0.234 e. The van der Waals surface area contributed by atoms with E-state index in [1.165, 1.54) is 12.1 Å². The number of primary amides is 1. The third kappa shape index (κ3) is 3.09. The van der Waals surface area contributed by atoms with E-state index >= 15 is 0 Å². The summed E-state index contributed by atoms with van der Waals surface area (Å²) in [5, 5.41) is 8.81. The lowest BCUT2D eigenvalue weighted by molar-refractivity contribution is -0.124. The minimum Gasteiger partial charge on any atom is -0.368 e. The fraction of sp³-hybridized carbons (Fsp3) is 0.429. The quantitative estimate of drug-likeness (QED) is 0.897. The standard InChI is InChI=1S/C14H16FN3O/c15-12-5-4-10(7-11(12)8-16)9-18-6-2-1-3-13(18)14(17)19/h4-5,7,13H,1-3,6,9H2,(H2,17,19). The van der Waals surface area contributed by atoms with Crippen LogP contribution in [0.25, 0.3) is 0 Å². The van der Waals surface area contributed by atoms with E-state index in [0.29, 0.717) is 6.54 Å². The van der Waals surface area contributed by atoms with Crippen LogP contribution in [-0.4, -0.2) is 23.4 Å². The van der Waals surface area contributed by atoms with E-state index in [-0.39, 0.29) is 17.5 Å². The van der Waals surface area contributed by atoms with Crippen LogP contribution in [0.4, 0.5) is 4.39 Å². The Morgan fingerprint density at radius 2 is 2.32 bits per heavy atom. The minimum absolute atomic E-state index is 0.0325. The van der Waals surface area contributed by atoms with Gasteiger partial charge in [0, 0.05) is 6.54 Å². The molecule has 1 atom stereocenters. The third-order valence-corrected chi connectivity index (χ3v) is 3.48. The molecule has 5 heteroatoms. The van der Waals surface area contributed by atoms with Crippen LogP contribution in [0, 0.1) is 17.1 Å². The zero-order valence-corrected chi connectivity index (χ0v) is 10.6. The van der Waals surface area contributed by atoms with E-state index in [0.717, 1.165) is 31.4 Å². The molecule has 1 aromatic carbocycles. The summed E-state index contributed by atoms with van der Waals surface area (Å²) in [7, 11) is 0. The summed E-state index contributed by atoms with van der Waals surface area (Å²) in [5.74, 6) is -0.835. The number of carbonyl (C=O) groups is 1. The van der Waals surface area contributed by atoms with Crippen molar-refractivity contribution in [2.45, 2.75) is 31.8 Å². The first kappa shape index (κ1) is 13.5. The highest BCUT2D eigenvalue weighted by Gasteiger charge is 2.26. The molecule has 1 unspecified atom stereocenters. The van der Waals surface area contributed by atoms with Crippen molar-refractivity contribution in [3.63, 3.8) is 0 Å². The fourth-order valence-electron chi connectivity index (χ4n) is 2.49. The molecule has 0 saturated carbocycles. The summed E-state index contributed by atoms with van der Waals surface area (Å²) in [5.41, 5.74) is 6.26. The molecule has 0 bridgehead atoms. The molecule has 1 saturated heterocycles. The van der Waals surface area contributed by atoms with Crippen molar-refractivity contribution in [3.05, 3.63) is 35.1 Å². The maximum absolute atomic E-state index is 13.2. The number of hydrogen-bond donors (Lipinski definition) is 1. The first-order valence-corrected chi connectivity index (χ1v) is 6.33. The second-order valence-electron chi connectivity index (χ2n) is 4.81. The Labute approximate surface area is 111 Å². The zero-order valence-electron chi connectivity index (χ0n) is 10.6. The highest BCUT2D eigenvalue weighted by atomic mass is 19.1. The van der Waals surface area contributed by atoms with Gasteiger partial charge in [0.1, 0.15) is 11.9 Å². The van der Waals surface area contributed by atoms with Crippen LogP contribution in [-0.2, 0) is 11.3 Å². The Balaban J connectivity index is 2.15. The first-order chi connectivity index (χ1) is 9.11. The van der Waals surface area contributed by atoms with Gasteiger partial charge in [-0.05, 0) is 37.1 Å². The first-order valence-electron chi connectivity index (χ1n) is 6.33. The van der Waals surface area contributed by atoms with Gasteiger partial charge < -0.3 is 5.73 Å². The maximum atomic E-state index is 13.2. The third-order valence-electron chi connectivity index (χ3n) is 3.48. The predicted octanol–water partition coefficient (Wildman–Crippen LogP) is 1.54. The van der Waals surface area contributed by atoms with Crippen LogP contribution in [0.1, 0.15) is 30.4 Å². The van der Waals surface area contributed by atoms with Crippen LogP contribution >= 0.6 is 0 Å². The van der Waals surface area contributed by atoms with E-state index in [1.54, 1.807) is 6.07 Å². The highest BCUT2D eigenvalue weighted by molar-refractivity contribution is 5.79. The number of carbonyl (C=O) groups excluding carboxylic acids is 1. The van der Waals surface area contributed by atoms with Crippen molar-refractivity contribution in [2.24, 2.45) is 5.73 Å². The van der Waals surface area contributed by atoms with E-state index in [2.05, 4.69) is 0 Å². The minimum atomic E-state index is -0.517. The zero-order chi connectivity index (χ0) is 13.8.